The van der Waals surface area contributed by atoms with Crippen molar-refractivity contribution in [3.8, 4) is 0 Å². The second kappa shape index (κ2) is 5.25. The van der Waals surface area contributed by atoms with E-state index in [4.69, 9.17) is 4.42 Å². The van der Waals surface area contributed by atoms with E-state index in [2.05, 4.69) is 36.3 Å². The normalized spacial score (nSPS) is 26.0. The number of rotatable bonds is 6. The maximum absolute atomic E-state index is 5.99. The largest absolute Gasteiger partial charge is 0.464 e. The highest BCUT2D eigenvalue weighted by atomic mass is 32.1. The van der Waals surface area contributed by atoms with Gasteiger partial charge in [-0.05, 0) is 50.2 Å². The summed E-state index contributed by atoms with van der Waals surface area (Å²) in [6.07, 6.45) is 5.90. The summed E-state index contributed by atoms with van der Waals surface area (Å²) in [6, 6.07) is 4.69. The molecule has 4 rings (SSSR count). The standard InChI is InChI=1S/C17H22N2OS/c1-10-7-14(10)15-6-5-13(20-15)9-18-16(12-3-4-12)17-19-8-11(2)21-17/h5-6,8,10,12,14,16,18H,3-4,7,9H2,1-2H3. The van der Waals surface area contributed by atoms with Gasteiger partial charge in [0.25, 0.3) is 0 Å². The number of nitrogens with one attached hydrogen (secondary N) is 1. The summed E-state index contributed by atoms with van der Waals surface area (Å²) in [5, 5.41) is 4.90. The van der Waals surface area contributed by atoms with Crippen molar-refractivity contribution < 1.29 is 4.42 Å². The molecule has 112 valence electrons. The molecule has 0 bridgehead atoms. The first-order valence-electron chi connectivity index (χ1n) is 7.95. The summed E-state index contributed by atoms with van der Waals surface area (Å²) in [5.41, 5.74) is 0. The smallest absolute Gasteiger partial charge is 0.117 e. The molecule has 21 heavy (non-hydrogen) atoms. The summed E-state index contributed by atoms with van der Waals surface area (Å²) in [5.74, 6) is 4.46. The minimum atomic E-state index is 0.400. The third-order valence-corrected chi connectivity index (χ3v) is 5.65. The number of hydrogen-bond donors (Lipinski definition) is 1. The van der Waals surface area contributed by atoms with Gasteiger partial charge in [0.1, 0.15) is 16.5 Å². The van der Waals surface area contributed by atoms with E-state index in [1.807, 2.05) is 17.5 Å². The predicted octanol–water partition coefficient (Wildman–Crippen LogP) is 4.41. The summed E-state index contributed by atoms with van der Waals surface area (Å²) in [4.78, 5) is 5.86. The van der Waals surface area contributed by atoms with Gasteiger partial charge in [0.15, 0.2) is 0 Å². The molecule has 3 nitrogen and oxygen atoms in total. The Morgan fingerprint density at radius 1 is 1.43 bits per heavy atom. The maximum atomic E-state index is 5.99. The van der Waals surface area contributed by atoms with E-state index < -0.39 is 0 Å². The van der Waals surface area contributed by atoms with Crippen LogP contribution in [0.15, 0.2) is 22.7 Å². The molecule has 3 atom stereocenters. The van der Waals surface area contributed by atoms with Gasteiger partial charge in [0.2, 0.25) is 0 Å². The first-order chi connectivity index (χ1) is 10.2. The monoisotopic (exact) mass is 302 g/mol. The Labute approximate surface area is 129 Å². The van der Waals surface area contributed by atoms with E-state index in [0.717, 1.165) is 24.1 Å². The second-order valence-electron chi connectivity index (χ2n) is 6.63. The molecule has 2 aliphatic carbocycles. The Morgan fingerprint density at radius 2 is 2.24 bits per heavy atom. The molecule has 0 aliphatic heterocycles. The van der Waals surface area contributed by atoms with E-state index in [9.17, 15) is 0 Å². The fourth-order valence-corrected chi connectivity index (χ4v) is 3.96. The summed E-state index contributed by atoms with van der Waals surface area (Å²) >= 11 is 1.82. The van der Waals surface area contributed by atoms with E-state index in [1.165, 1.54) is 34.9 Å². The Balaban J connectivity index is 1.41. The molecular weight excluding hydrogens is 280 g/mol. The fraction of sp³-hybridized carbons (Fsp3) is 0.588. The highest BCUT2D eigenvalue weighted by Gasteiger charge is 2.37. The van der Waals surface area contributed by atoms with Gasteiger partial charge in [-0.1, -0.05) is 6.92 Å². The van der Waals surface area contributed by atoms with Crippen molar-refractivity contribution >= 4 is 11.3 Å². The number of aryl methyl sites for hydroxylation is 1. The molecule has 3 unspecified atom stereocenters. The SMILES string of the molecule is Cc1cnc(C(NCc2ccc(C3CC3C)o2)C2CC2)s1. The van der Waals surface area contributed by atoms with Crippen LogP contribution in [0.25, 0.3) is 0 Å². The first-order valence-corrected chi connectivity index (χ1v) is 8.76. The number of thiazole rings is 1. The molecular formula is C17H22N2OS. The molecule has 0 spiro atoms. The van der Waals surface area contributed by atoms with Gasteiger partial charge in [-0.25, -0.2) is 4.98 Å². The van der Waals surface area contributed by atoms with Crippen molar-refractivity contribution in [2.24, 2.45) is 11.8 Å². The molecule has 0 aromatic carbocycles. The maximum Gasteiger partial charge on any atom is 0.117 e. The van der Waals surface area contributed by atoms with Crippen molar-refractivity contribution in [3.63, 3.8) is 0 Å². The summed E-state index contributed by atoms with van der Waals surface area (Å²) in [6.45, 7) is 5.22. The Kier molecular flexibility index (Phi) is 3.38. The van der Waals surface area contributed by atoms with Crippen LogP contribution >= 0.6 is 11.3 Å². The van der Waals surface area contributed by atoms with Crippen molar-refractivity contribution in [1.29, 1.82) is 0 Å². The first kappa shape index (κ1) is 13.5. The lowest BCUT2D eigenvalue weighted by molar-refractivity contribution is 0.407. The Hall–Kier alpha value is -1.13. The average molecular weight is 302 g/mol. The minimum absolute atomic E-state index is 0.400. The van der Waals surface area contributed by atoms with Crippen LogP contribution in [0.1, 0.15) is 59.6 Å². The molecule has 2 aromatic heterocycles. The van der Waals surface area contributed by atoms with Gasteiger partial charge >= 0.3 is 0 Å². The summed E-state index contributed by atoms with van der Waals surface area (Å²) < 4.78 is 5.99. The zero-order chi connectivity index (χ0) is 14.4. The molecule has 2 heterocycles. The molecule has 2 saturated carbocycles. The van der Waals surface area contributed by atoms with Crippen LogP contribution in [0, 0.1) is 18.8 Å². The third kappa shape index (κ3) is 2.92. The topological polar surface area (TPSA) is 38.1 Å². The third-order valence-electron chi connectivity index (χ3n) is 4.65. The van der Waals surface area contributed by atoms with E-state index in [0.29, 0.717) is 12.0 Å². The van der Waals surface area contributed by atoms with Gasteiger partial charge in [0, 0.05) is 17.0 Å². The van der Waals surface area contributed by atoms with Crippen molar-refractivity contribution in [1.82, 2.24) is 10.3 Å². The molecule has 0 saturated heterocycles. The molecule has 4 heteroatoms. The highest BCUT2D eigenvalue weighted by Crippen LogP contribution is 2.47. The molecule has 0 amide bonds. The zero-order valence-corrected chi connectivity index (χ0v) is 13.5. The van der Waals surface area contributed by atoms with Crippen LogP contribution in [0.5, 0.6) is 0 Å². The van der Waals surface area contributed by atoms with Crippen LogP contribution in [0.3, 0.4) is 0 Å². The van der Waals surface area contributed by atoms with E-state index in [-0.39, 0.29) is 0 Å². The van der Waals surface area contributed by atoms with Crippen molar-refractivity contribution in [2.45, 2.75) is 51.6 Å². The van der Waals surface area contributed by atoms with Gasteiger partial charge < -0.3 is 9.73 Å². The molecule has 2 aliphatic rings. The van der Waals surface area contributed by atoms with E-state index >= 15 is 0 Å². The lowest BCUT2D eigenvalue weighted by Crippen LogP contribution is -2.22. The van der Waals surface area contributed by atoms with Crippen molar-refractivity contribution in [3.05, 3.63) is 39.7 Å². The molecule has 2 fully saturated rings. The lowest BCUT2D eigenvalue weighted by Gasteiger charge is -2.14. The van der Waals surface area contributed by atoms with Gasteiger partial charge in [-0.2, -0.15) is 0 Å². The number of aromatic nitrogens is 1. The second-order valence-corrected chi connectivity index (χ2v) is 7.90. The highest BCUT2D eigenvalue weighted by molar-refractivity contribution is 7.11. The van der Waals surface area contributed by atoms with Crippen LogP contribution < -0.4 is 5.32 Å². The Bertz CT molecular complexity index is 628. The van der Waals surface area contributed by atoms with Gasteiger partial charge in [0.05, 0.1) is 12.6 Å². The van der Waals surface area contributed by atoms with E-state index in [1.54, 1.807) is 0 Å². The number of hydrogen-bond acceptors (Lipinski definition) is 4. The molecule has 1 N–H and O–H groups in total. The zero-order valence-electron chi connectivity index (χ0n) is 12.6. The quantitative estimate of drug-likeness (QED) is 0.859. The minimum Gasteiger partial charge on any atom is -0.464 e. The number of nitrogens with zero attached hydrogens (tertiary/aromatic N) is 1. The predicted molar refractivity (Wildman–Crippen MR) is 84.4 cm³/mol. The van der Waals surface area contributed by atoms with Gasteiger partial charge in [-0.15, -0.1) is 11.3 Å². The average Bonchev–Trinajstić information content (AvgIpc) is 3.33. The van der Waals surface area contributed by atoms with Crippen LogP contribution in [-0.4, -0.2) is 4.98 Å². The fourth-order valence-electron chi connectivity index (χ4n) is 3.02. The number of furan rings is 1. The van der Waals surface area contributed by atoms with Crippen LogP contribution in [0.4, 0.5) is 0 Å². The Morgan fingerprint density at radius 3 is 2.86 bits per heavy atom. The lowest BCUT2D eigenvalue weighted by atomic mass is 10.2. The molecule has 2 aromatic rings. The summed E-state index contributed by atoms with van der Waals surface area (Å²) in [7, 11) is 0. The molecule has 0 radical (unpaired) electrons. The van der Waals surface area contributed by atoms with Crippen LogP contribution in [-0.2, 0) is 6.54 Å². The van der Waals surface area contributed by atoms with Crippen LogP contribution in [0.2, 0.25) is 0 Å². The van der Waals surface area contributed by atoms with Crippen molar-refractivity contribution in [2.75, 3.05) is 0 Å². The van der Waals surface area contributed by atoms with Gasteiger partial charge in [-0.3, -0.25) is 0 Å².